The van der Waals surface area contributed by atoms with Gasteiger partial charge in [0.2, 0.25) is 5.91 Å². The van der Waals surface area contributed by atoms with Crippen molar-refractivity contribution in [3.8, 4) is 23.0 Å². The van der Waals surface area contributed by atoms with E-state index >= 15 is 0 Å². The summed E-state index contributed by atoms with van der Waals surface area (Å²) in [6.07, 6.45) is 3.91. The maximum absolute atomic E-state index is 12.1. The summed E-state index contributed by atoms with van der Waals surface area (Å²) >= 11 is 0. The monoisotopic (exact) mass is 445 g/mol. The predicted molar refractivity (Wildman–Crippen MR) is 135 cm³/mol. The van der Waals surface area contributed by atoms with Gasteiger partial charge in [-0.15, -0.1) is 0 Å². The summed E-state index contributed by atoms with van der Waals surface area (Å²) in [5.41, 5.74) is 5.71. The Labute approximate surface area is 197 Å². The van der Waals surface area contributed by atoms with Crippen LogP contribution in [0.3, 0.4) is 0 Å². The van der Waals surface area contributed by atoms with Crippen molar-refractivity contribution in [2.24, 2.45) is 5.92 Å². The van der Waals surface area contributed by atoms with E-state index in [1.165, 1.54) is 0 Å². The Kier molecular flexibility index (Phi) is 5.75. The average molecular weight is 446 g/mol. The Bertz CT molecular complexity index is 1570. The molecule has 0 saturated carbocycles. The Balaban J connectivity index is 1.44. The quantitative estimate of drug-likeness (QED) is 0.355. The molecule has 0 bridgehead atoms. The second-order valence-electron chi connectivity index (χ2n) is 8.58. The number of pyridine rings is 2. The van der Waals surface area contributed by atoms with Crippen LogP contribution in [0, 0.1) is 17.8 Å². The third-order valence-electron chi connectivity index (χ3n) is 5.42. The molecule has 0 saturated heterocycles. The molecule has 166 valence electrons. The number of anilines is 1. The van der Waals surface area contributed by atoms with E-state index in [9.17, 15) is 4.79 Å². The molecule has 6 nitrogen and oxygen atoms in total. The molecule has 0 aliphatic rings. The summed E-state index contributed by atoms with van der Waals surface area (Å²) in [5, 5.41) is 12.4. The number of aromatic nitrogens is 4. The first-order valence-corrected chi connectivity index (χ1v) is 11.2. The molecule has 2 aromatic carbocycles. The fraction of sp³-hybridized carbons (Fsp3) is 0.143. The number of hydrogen-bond donors (Lipinski definition) is 2. The summed E-state index contributed by atoms with van der Waals surface area (Å²) in [5.74, 6) is 6.57. The molecule has 34 heavy (non-hydrogen) atoms. The first-order valence-electron chi connectivity index (χ1n) is 11.2. The summed E-state index contributed by atoms with van der Waals surface area (Å²) < 4.78 is 0. The first-order chi connectivity index (χ1) is 16.5. The number of nitrogens with zero attached hydrogens (tertiary/aromatic N) is 3. The van der Waals surface area contributed by atoms with Gasteiger partial charge in [-0.05, 0) is 53.7 Å². The maximum Gasteiger partial charge on any atom is 0.224 e. The molecule has 0 aliphatic carbocycles. The highest BCUT2D eigenvalue weighted by Gasteiger charge is 2.09. The lowest BCUT2D eigenvalue weighted by Crippen LogP contribution is -2.13. The second kappa shape index (κ2) is 9.16. The number of H-pyrrole nitrogens is 1. The number of carbonyl (C=O) groups excluding carboxylic acids is 1. The van der Waals surface area contributed by atoms with Gasteiger partial charge in [0.05, 0.1) is 22.9 Å². The third kappa shape index (κ3) is 4.64. The van der Waals surface area contributed by atoms with Gasteiger partial charge in [-0.1, -0.05) is 44.2 Å². The fourth-order valence-corrected chi connectivity index (χ4v) is 3.80. The zero-order valence-electron chi connectivity index (χ0n) is 19.0. The number of aromatic amines is 1. The van der Waals surface area contributed by atoms with Crippen LogP contribution in [-0.2, 0) is 4.79 Å². The Hall–Kier alpha value is -4.50. The maximum atomic E-state index is 12.1. The van der Waals surface area contributed by atoms with E-state index in [0.717, 1.165) is 32.9 Å². The van der Waals surface area contributed by atoms with E-state index < -0.39 is 0 Å². The predicted octanol–water partition coefficient (Wildman–Crippen LogP) is 5.56. The van der Waals surface area contributed by atoms with Gasteiger partial charge >= 0.3 is 0 Å². The van der Waals surface area contributed by atoms with E-state index in [1.807, 2.05) is 74.5 Å². The van der Waals surface area contributed by atoms with Crippen molar-refractivity contribution in [3.63, 3.8) is 0 Å². The molecule has 0 fully saturated rings. The average Bonchev–Trinajstić information content (AvgIpc) is 3.24. The number of carbonyl (C=O) groups is 1. The topological polar surface area (TPSA) is 83.6 Å². The van der Waals surface area contributed by atoms with Crippen LogP contribution in [0.4, 0.5) is 5.69 Å². The third-order valence-corrected chi connectivity index (χ3v) is 5.42. The van der Waals surface area contributed by atoms with Gasteiger partial charge < -0.3 is 5.32 Å². The number of amides is 1. The normalized spacial score (nSPS) is 10.9. The van der Waals surface area contributed by atoms with Crippen LogP contribution in [0.15, 0.2) is 73.1 Å². The number of hydrogen-bond acceptors (Lipinski definition) is 4. The van der Waals surface area contributed by atoms with E-state index in [-0.39, 0.29) is 5.91 Å². The van der Waals surface area contributed by atoms with Gasteiger partial charge in [0.15, 0.2) is 0 Å². The molecular weight excluding hydrogens is 422 g/mol. The van der Waals surface area contributed by atoms with E-state index in [4.69, 9.17) is 0 Å². The molecule has 1 amide bonds. The number of rotatable bonds is 4. The number of benzene rings is 2. The smallest absolute Gasteiger partial charge is 0.224 e. The van der Waals surface area contributed by atoms with Crippen molar-refractivity contribution in [3.05, 3.63) is 84.4 Å². The largest absolute Gasteiger partial charge is 0.325 e. The molecule has 5 rings (SSSR count). The van der Waals surface area contributed by atoms with Crippen LogP contribution < -0.4 is 5.32 Å². The molecular formula is C28H23N5O. The molecule has 6 heteroatoms. The molecule has 5 aromatic rings. The molecule has 3 aromatic heterocycles. The van der Waals surface area contributed by atoms with E-state index in [1.54, 1.807) is 12.4 Å². The number of nitrogens with one attached hydrogen (secondary N) is 2. The van der Waals surface area contributed by atoms with Crippen molar-refractivity contribution in [1.82, 2.24) is 20.2 Å². The minimum Gasteiger partial charge on any atom is -0.325 e. The zero-order valence-corrected chi connectivity index (χ0v) is 19.0. The van der Waals surface area contributed by atoms with Crippen molar-refractivity contribution in [1.29, 1.82) is 0 Å². The first kappa shape index (κ1) is 21.4. The number of fused-ring (bicyclic) bond motifs is 2. The van der Waals surface area contributed by atoms with Crippen LogP contribution in [0.2, 0.25) is 0 Å². The minimum atomic E-state index is -0.0147. The van der Waals surface area contributed by atoms with Crippen molar-refractivity contribution in [2.45, 2.75) is 20.3 Å². The molecule has 0 spiro atoms. The lowest BCUT2D eigenvalue weighted by atomic mass is 10.0. The lowest BCUT2D eigenvalue weighted by molar-refractivity contribution is -0.116. The summed E-state index contributed by atoms with van der Waals surface area (Å²) in [6.45, 7) is 4.04. The van der Waals surface area contributed by atoms with Crippen LogP contribution in [-0.4, -0.2) is 26.1 Å². The minimum absolute atomic E-state index is 0.0147. The second-order valence-corrected chi connectivity index (χ2v) is 8.58. The van der Waals surface area contributed by atoms with E-state index in [2.05, 4.69) is 37.3 Å². The van der Waals surface area contributed by atoms with Crippen LogP contribution in [0.5, 0.6) is 0 Å². The van der Waals surface area contributed by atoms with Crippen LogP contribution in [0.25, 0.3) is 32.9 Å². The van der Waals surface area contributed by atoms with Crippen molar-refractivity contribution in [2.75, 3.05) is 5.32 Å². The van der Waals surface area contributed by atoms with Gasteiger partial charge in [0.1, 0.15) is 11.4 Å². The Morgan fingerprint density at radius 1 is 1.00 bits per heavy atom. The van der Waals surface area contributed by atoms with Crippen molar-refractivity contribution < 1.29 is 4.79 Å². The zero-order chi connectivity index (χ0) is 23.5. The molecule has 0 aliphatic heterocycles. The molecule has 0 atom stereocenters. The Morgan fingerprint density at radius 3 is 2.76 bits per heavy atom. The Morgan fingerprint density at radius 2 is 1.88 bits per heavy atom. The van der Waals surface area contributed by atoms with Crippen LogP contribution in [0.1, 0.15) is 31.7 Å². The highest BCUT2D eigenvalue weighted by molar-refractivity contribution is 5.92. The molecule has 3 heterocycles. The fourth-order valence-electron chi connectivity index (χ4n) is 3.80. The highest BCUT2D eigenvalue weighted by atomic mass is 16.1. The summed E-state index contributed by atoms with van der Waals surface area (Å²) in [7, 11) is 0. The molecule has 0 unspecified atom stereocenters. The SMILES string of the molecule is CC(C)CC(=O)Nc1cncc(-c2ccc3[nH]nc(C#Cc4ccc5ccccc5n4)c3c2)c1. The van der Waals surface area contributed by atoms with Gasteiger partial charge in [-0.2, -0.15) is 5.10 Å². The summed E-state index contributed by atoms with van der Waals surface area (Å²) in [4.78, 5) is 21.1. The standard InChI is InChI=1S/C28H23N5O/c1-18(2)13-28(34)31-23-14-21(16-29-17-23)20-8-11-26-24(15-20)27(33-32-26)12-10-22-9-7-19-5-3-4-6-25(19)30-22/h3-9,11,14-18H,13H2,1-2H3,(H,31,34)(H,32,33). The van der Waals surface area contributed by atoms with Gasteiger partial charge in [0.25, 0.3) is 0 Å². The van der Waals surface area contributed by atoms with E-state index in [0.29, 0.717) is 29.4 Å². The highest BCUT2D eigenvalue weighted by Crippen LogP contribution is 2.26. The van der Waals surface area contributed by atoms with Crippen LogP contribution >= 0.6 is 0 Å². The number of para-hydroxylation sites is 1. The lowest BCUT2D eigenvalue weighted by Gasteiger charge is -2.08. The van der Waals surface area contributed by atoms with Gasteiger partial charge in [-0.25, -0.2) is 4.98 Å². The summed E-state index contributed by atoms with van der Waals surface area (Å²) in [6, 6.07) is 19.8. The molecule has 0 radical (unpaired) electrons. The molecule has 2 N–H and O–H groups in total. The van der Waals surface area contributed by atoms with Gasteiger partial charge in [-0.3, -0.25) is 14.9 Å². The van der Waals surface area contributed by atoms with Crippen molar-refractivity contribution >= 4 is 33.4 Å². The van der Waals surface area contributed by atoms with Gasteiger partial charge in [0, 0.05) is 29.0 Å².